The molecule has 31 heavy (non-hydrogen) atoms. The predicted molar refractivity (Wildman–Crippen MR) is 123 cm³/mol. The van der Waals surface area contributed by atoms with Crippen molar-refractivity contribution in [2.24, 2.45) is 0 Å². The highest BCUT2D eigenvalue weighted by molar-refractivity contribution is 5.99. The van der Waals surface area contributed by atoms with Crippen molar-refractivity contribution in [2.75, 3.05) is 12.4 Å². The number of amides is 1. The van der Waals surface area contributed by atoms with Crippen molar-refractivity contribution in [1.29, 1.82) is 0 Å². The molecular formula is C25H31FN2O3. The minimum atomic E-state index is -0.734. The Kier molecular flexibility index (Phi) is 7.97. The minimum absolute atomic E-state index is 0.219. The molecule has 0 saturated heterocycles. The topological polar surface area (TPSA) is 67.4 Å². The van der Waals surface area contributed by atoms with E-state index in [9.17, 15) is 14.0 Å². The van der Waals surface area contributed by atoms with E-state index in [1.54, 1.807) is 26.0 Å². The molecule has 2 aromatic rings. The van der Waals surface area contributed by atoms with E-state index in [1.807, 2.05) is 45.9 Å². The monoisotopic (exact) mass is 426 g/mol. The van der Waals surface area contributed by atoms with Gasteiger partial charge in [-0.3, -0.25) is 4.79 Å². The van der Waals surface area contributed by atoms with Gasteiger partial charge in [-0.05, 0) is 88.1 Å². The number of carbonyl (C=O) groups excluding carboxylic acids is 2. The van der Waals surface area contributed by atoms with E-state index in [4.69, 9.17) is 0 Å². The number of ether oxygens (including phenoxy) is 1. The number of benzene rings is 2. The molecule has 6 heteroatoms. The Bertz CT molecular complexity index is 1010. The molecule has 0 aliphatic carbocycles. The second-order valence-electron chi connectivity index (χ2n) is 8.06. The number of aryl methyl sites for hydroxylation is 2. The molecule has 0 unspecified atom stereocenters. The Morgan fingerprint density at radius 3 is 2.29 bits per heavy atom. The van der Waals surface area contributed by atoms with Gasteiger partial charge in [-0.15, -0.1) is 0 Å². The van der Waals surface area contributed by atoms with Gasteiger partial charge >= 0.3 is 5.97 Å². The molecule has 0 radical (unpaired) electrons. The third-order valence-corrected chi connectivity index (χ3v) is 4.96. The molecule has 0 aliphatic heterocycles. The average molecular weight is 427 g/mol. The van der Waals surface area contributed by atoms with Crippen molar-refractivity contribution in [3.8, 4) is 11.1 Å². The third-order valence-electron chi connectivity index (χ3n) is 4.96. The van der Waals surface area contributed by atoms with Crippen LogP contribution in [0.5, 0.6) is 0 Å². The standard InChI is InChI=1S/C25H31FN2O3/c1-14(2)27-20-8-9-21(23(26)13-20)22-12-15(3)19(10-16(22)4)11-17(5)24(29)28-18(6)25(30)31-7/h8-14,18,27H,1-7H3,(H,28,29)/t18-/m1/s1. The van der Waals surface area contributed by atoms with Crippen LogP contribution < -0.4 is 10.6 Å². The lowest BCUT2D eigenvalue weighted by molar-refractivity contribution is -0.144. The first-order valence-corrected chi connectivity index (χ1v) is 10.3. The number of esters is 1. The van der Waals surface area contributed by atoms with Crippen LogP contribution in [0.15, 0.2) is 35.9 Å². The Balaban J connectivity index is 2.31. The summed E-state index contributed by atoms with van der Waals surface area (Å²) in [5, 5.41) is 5.81. The maximum atomic E-state index is 14.8. The summed E-state index contributed by atoms with van der Waals surface area (Å²) in [6.45, 7) is 11.1. The Morgan fingerprint density at radius 1 is 1.03 bits per heavy atom. The first-order valence-electron chi connectivity index (χ1n) is 10.3. The highest BCUT2D eigenvalue weighted by Gasteiger charge is 2.17. The second-order valence-corrected chi connectivity index (χ2v) is 8.06. The number of carbonyl (C=O) groups is 2. The zero-order valence-corrected chi connectivity index (χ0v) is 19.2. The Morgan fingerprint density at radius 2 is 1.71 bits per heavy atom. The highest BCUT2D eigenvalue weighted by Crippen LogP contribution is 2.31. The third kappa shape index (κ3) is 6.17. The zero-order chi connectivity index (χ0) is 23.3. The van der Waals surface area contributed by atoms with Gasteiger partial charge in [0.25, 0.3) is 0 Å². The molecule has 0 bridgehead atoms. The van der Waals surface area contributed by atoms with Gasteiger partial charge in [0, 0.05) is 22.9 Å². The maximum Gasteiger partial charge on any atom is 0.328 e. The molecule has 0 aromatic heterocycles. The van der Waals surface area contributed by atoms with Crippen molar-refractivity contribution >= 4 is 23.6 Å². The maximum absolute atomic E-state index is 14.8. The van der Waals surface area contributed by atoms with Crippen molar-refractivity contribution in [3.63, 3.8) is 0 Å². The number of methoxy groups -OCH3 is 1. The first kappa shape index (κ1) is 24.1. The summed E-state index contributed by atoms with van der Waals surface area (Å²) in [5.41, 5.74) is 5.22. The fraction of sp³-hybridized carbons (Fsp3) is 0.360. The fourth-order valence-corrected chi connectivity index (χ4v) is 3.29. The van der Waals surface area contributed by atoms with E-state index in [-0.39, 0.29) is 17.8 Å². The summed E-state index contributed by atoms with van der Waals surface area (Å²) in [6.07, 6.45) is 1.76. The molecule has 0 fully saturated rings. The van der Waals surface area contributed by atoms with E-state index in [1.165, 1.54) is 13.2 Å². The Hall–Kier alpha value is -3.15. The SMILES string of the molecule is COC(=O)[C@@H](C)NC(=O)C(C)=Cc1cc(C)c(-c2ccc(NC(C)C)cc2F)cc1C. The lowest BCUT2D eigenvalue weighted by atomic mass is 9.93. The highest BCUT2D eigenvalue weighted by atomic mass is 19.1. The van der Waals surface area contributed by atoms with Crippen molar-refractivity contribution in [3.05, 3.63) is 58.4 Å². The van der Waals surface area contributed by atoms with Crippen molar-refractivity contribution in [1.82, 2.24) is 5.32 Å². The van der Waals surface area contributed by atoms with Crippen LogP contribution in [0.1, 0.15) is 44.4 Å². The summed E-state index contributed by atoms with van der Waals surface area (Å²) in [7, 11) is 1.28. The van der Waals surface area contributed by atoms with Gasteiger partial charge in [0.1, 0.15) is 11.9 Å². The Labute approximate surface area is 183 Å². The van der Waals surface area contributed by atoms with Crippen LogP contribution in [0.2, 0.25) is 0 Å². The molecule has 2 rings (SSSR count). The van der Waals surface area contributed by atoms with E-state index < -0.39 is 12.0 Å². The average Bonchev–Trinajstić information content (AvgIpc) is 2.69. The van der Waals surface area contributed by atoms with Crippen LogP contribution in [-0.4, -0.2) is 31.1 Å². The summed E-state index contributed by atoms with van der Waals surface area (Å²) in [5.74, 6) is -1.14. The van der Waals surface area contributed by atoms with E-state index in [0.29, 0.717) is 11.1 Å². The van der Waals surface area contributed by atoms with Gasteiger partial charge in [-0.2, -0.15) is 0 Å². The lowest BCUT2D eigenvalue weighted by Crippen LogP contribution is -2.39. The summed E-state index contributed by atoms with van der Waals surface area (Å²) in [4.78, 5) is 23.9. The quantitative estimate of drug-likeness (QED) is 0.482. The predicted octanol–water partition coefficient (Wildman–Crippen LogP) is 5.01. The number of hydrogen-bond donors (Lipinski definition) is 2. The van der Waals surface area contributed by atoms with E-state index in [0.717, 1.165) is 27.9 Å². The molecule has 0 spiro atoms. The van der Waals surface area contributed by atoms with Gasteiger partial charge in [-0.25, -0.2) is 9.18 Å². The molecule has 1 atom stereocenters. The van der Waals surface area contributed by atoms with Gasteiger partial charge < -0.3 is 15.4 Å². The molecule has 5 nitrogen and oxygen atoms in total. The summed E-state index contributed by atoms with van der Waals surface area (Å²) < 4.78 is 19.4. The molecule has 1 amide bonds. The summed E-state index contributed by atoms with van der Waals surface area (Å²) >= 11 is 0. The van der Waals surface area contributed by atoms with Gasteiger partial charge in [0.2, 0.25) is 5.91 Å². The smallest absolute Gasteiger partial charge is 0.328 e. The van der Waals surface area contributed by atoms with Crippen LogP contribution in [0.25, 0.3) is 17.2 Å². The van der Waals surface area contributed by atoms with E-state index in [2.05, 4.69) is 15.4 Å². The number of anilines is 1. The molecule has 0 saturated carbocycles. The van der Waals surface area contributed by atoms with Crippen molar-refractivity contribution < 1.29 is 18.7 Å². The number of hydrogen-bond acceptors (Lipinski definition) is 4. The van der Waals surface area contributed by atoms with Crippen LogP contribution in [0, 0.1) is 19.7 Å². The number of nitrogens with one attached hydrogen (secondary N) is 2. The zero-order valence-electron chi connectivity index (χ0n) is 19.2. The molecule has 0 heterocycles. The molecule has 2 aromatic carbocycles. The van der Waals surface area contributed by atoms with Gasteiger partial charge in [0.05, 0.1) is 7.11 Å². The number of rotatable bonds is 7. The molecule has 2 N–H and O–H groups in total. The molecule has 166 valence electrons. The van der Waals surface area contributed by atoms with Gasteiger partial charge in [-0.1, -0.05) is 12.1 Å². The second kappa shape index (κ2) is 10.2. The number of halogens is 1. The molecule has 0 aliphatic rings. The largest absolute Gasteiger partial charge is 0.467 e. The van der Waals surface area contributed by atoms with Crippen LogP contribution in [0.4, 0.5) is 10.1 Å². The molecular weight excluding hydrogens is 395 g/mol. The van der Waals surface area contributed by atoms with Crippen LogP contribution >= 0.6 is 0 Å². The lowest BCUT2D eigenvalue weighted by Gasteiger charge is -2.15. The minimum Gasteiger partial charge on any atom is -0.467 e. The summed E-state index contributed by atoms with van der Waals surface area (Å²) in [6, 6.07) is 8.51. The fourth-order valence-electron chi connectivity index (χ4n) is 3.29. The van der Waals surface area contributed by atoms with Gasteiger partial charge in [0.15, 0.2) is 0 Å². The van der Waals surface area contributed by atoms with Crippen LogP contribution in [-0.2, 0) is 14.3 Å². The van der Waals surface area contributed by atoms with Crippen molar-refractivity contribution in [2.45, 2.75) is 53.6 Å². The normalized spacial score (nSPS) is 12.5. The first-order chi connectivity index (χ1) is 14.5. The van der Waals surface area contributed by atoms with E-state index >= 15 is 0 Å². The van der Waals surface area contributed by atoms with Crippen LogP contribution in [0.3, 0.4) is 0 Å².